The summed E-state index contributed by atoms with van der Waals surface area (Å²) in [4.78, 5) is 0. The summed E-state index contributed by atoms with van der Waals surface area (Å²) in [7, 11) is 1.68. The van der Waals surface area contributed by atoms with E-state index in [0.29, 0.717) is 0 Å². The Hall–Kier alpha value is -2.74. The second-order valence-corrected chi connectivity index (χ2v) is 4.67. The van der Waals surface area contributed by atoms with Crippen LogP contribution in [0.3, 0.4) is 0 Å². The lowest BCUT2D eigenvalue weighted by molar-refractivity contribution is 0.415. The van der Waals surface area contributed by atoms with Crippen LogP contribution in [0.15, 0.2) is 78.9 Å². The lowest BCUT2D eigenvalue weighted by atomic mass is 10.1. The Morgan fingerprint density at radius 2 is 1.24 bits per heavy atom. The van der Waals surface area contributed by atoms with E-state index >= 15 is 0 Å². The van der Waals surface area contributed by atoms with Crippen LogP contribution in [0.25, 0.3) is 11.1 Å². The Bertz CT molecular complexity index is 703. The molecule has 0 aromatic heterocycles. The van der Waals surface area contributed by atoms with Crippen molar-refractivity contribution < 1.29 is 9.47 Å². The minimum Gasteiger partial charge on any atom is -0.497 e. The van der Waals surface area contributed by atoms with Crippen LogP contribution in [0.4, 0.5) is 0 Å². The van der Waals surface area contributed by atoms with E-state index in [0.717, 1.165) is 28.4 Å². The maximum Gasteiger partial charge on any atom is 0.127 e. The molecule has 21 heavy (non-hydrogen) atoms. The lowest BCUT2D eigenvalue weighted by Crippen LogP contribution is -1.85. The zero-order valence-electron chi connectivity index (χ0n) is 11.8. The molecule has 0 spiro atoms. The van der Waals surface area contributed by atoms with Crippen LogP contribution in [-0.4, -0.2) is 7.11 Å². The van der Waals surface area contributed by atoms with Crippen LogP contribution >= 0.6 is 0 Å². The summed E-state index contributed by atoms with van der Waals surface area (Å²) in [6.45, 7) is 0. The molecule has 0 aliphatic heterocycles. The summed E-state index contributed by atoms with van der Waals surface area (Å²) in [6.07, 6.45) is 0. The monoisotopic (exact) mass is 276 g/mol. The van der Waals surface area contributed by atoms with Crippen molar-refractivity contribution in [3.8, 4) is 28.4 Å². The highest BCUT2D eigenvalue weighted by molar-refractivity contribution is 5.65. The number of methoxy groups -OCH3 is 1. The van der Waals surface area contributed by atoms with Gasteiger partial charge in [-0.1, -0.05) is 42.5 Å². The van der Waals surface area contributed by atoms with Gasteiger partial charge in [0.2, 0.25) is 0 Å². The van der Waals surface area contributed by atoms with Gasteiger partial charge in [-0.2, -0.15) is 0 Å². The first kappa shape index (κ1) is 13.3. The Kier molecular flexibility index (Phi) is 3.88. The second-order valence-electron chi connectivity index (χ2n) is 4.67. The molecule has 0 aliphatic carbocycles. The number of para-hydroxylation sites is 1. The van der Waals surface area contributed by atoms with Crippen molar-refractivity contribution >= 4 is 0 Å². The largest absolute Gasteiger partial charge is 0.497 e. The molecule has 3 aromatic rings. The van der Waals surface area contributed by atoms with Crippen LogP contribution in [0.1, 0.15) is 0 Å². The van der Waals surface area contributed by atoms with Gasteiger partial charge < -0.3 is 9.47 Å². The van der Waals surface area contributed by atoms with Gasteiger partial charge in [0.1, 0.15) is 17.2 Å². The predicted molar refractivity (Wildman–Crippen MR) is 84.9 cm³/mol. The van der Waals surface area contributed by atoms with Crippen LogP contribution < -0.4 is 9.47 Å². The molecule has 0 radical (unpaired) electrons. The topological polar surface area (TPSA) is 18.5 Å². The number of hydrogen-bond donors (Lipinski definition) is 0. The third-order valence-electron chi connectivity index (χ3n) is 3.24. The Morgan fingerprint density at radius 3 is 1.95 bits per heavy atom. The molecule has 0 N–H and O–H groups in total. The lowest BCUT2D eigenvalue weighted by Gasteiger charge is -2.08. The number of benzene rings is 3. The Balaban J connectivity index is 1.80. The van der Waals surface area contributed by atoms with Crippen LogP contribution in [0.5, 0.6) is 17.2 Å². The molecule has 0 fully saturated rings. The van der Waals surface area contributed by atoms with Gasteiger partial charge in [-0.25, -0.2) is 0 Å². The third kappa shape index (κ3) is 3.23. The third-order valence-corrected chi connectivity index (χ3v) is 3.24. The predicted octanol–water partition coefficient (Wildman–Crippen LogP) is 5.15. The van der Waals surface area contributed by atoms with Crippen LogP contribution in [0, 0.1) is 0 Å². The van der Waals surface area contributed by atoms with Gasteiger partial charge in [0.25, 0.3) is 0 Å². The summed E-state index contributed by atoms with van der Waals surface area (Å²) in [5.41, 5.74) is 2.26. The second kappa shape index (κ2) is 6.14. The van der Waals surface area contributed by atoms with Gasteiger partial charge >= 0.3 is 0 Å². The first-order chi connectivity index (χ1) is 10.3. The molecule has 0 amide bonds. The molecule has 0 unspecified atom stereocenters. The fourth-order valence-corrected chi connectivity index (χ4v) is 2.14. The van der Waals surface area contributed by atoms with E-state index in [1.807, 2.05) is 72.8 Å². The summed E-state index contributed by atoms with van der Waals surface area (Å²) in [5.74, 6) is 2.52. The minimum atomic E-state index is 0.827. The Labute approximate surface area is 124 Å². The quantitative estimate of drug-likeness (QED) is 0.655. The molecule has 0 saturated heterocycles. The highest BCUT2D eigenvalue weighted by Crippen LogP contribution is 2.27. The van der Waals surface area contributed by atoms with Crippen molar-refractivity contribution in [1.29, 1.82) is 0 Å². The van der Waals surface area contributed by atoms with E-state index in [-0.39, 0.29) is 0 Å². The van der Waals surface area contributed by atoms with Gasteiger partial charge in [0, 0.05) is 0 Å². The van der Waals surface area contributed by atoms with Crippen molar-refractivity contribution in [2.24, 2.45) is 0 Å². The molecule has 2 nitrogen and oxygen atoms in total. The van der Waals surface area contributed by atoms with Crippen molar-refractivity contribution in [3.63, 3.8) is 0 Å². The zero-order chi connectivity index (χ0) is 14.5. The SMILES string of the molecule is COc1cccc(-c2ccc(Oc3ccccc3)cc2)c1. The first-order valence-electron chi connectivity index (χ1n) is 6.82. The molecule has 0 heterocycles. The van der Waals surface area contributed by atoms with E-state index < -0.39 is 0 Å². The smallest absolute Gasteiger partial charge is 0.127 e. The molecule has 3 aromatic carbocycles. The summed E-state index contributed by atoms with van der Waals surface area (Å²) in [6, 6.07) is 25.8. The van der Waals surface area contributed by atoms with Gasteiger partial charge in [-0.3, -0.25) is 0 Å². The molecule has 0 saturated carbocycles. The van der Waals surface area contributed by atoms with E-state index in [1.54, 1.807) is 7.11 Å². The van der Waals surface area contributed by atoms with E-state index in [4.69, 9.17) is 9.47 Å². The van der Waals surface area contributed by atoms with Gasteiger partial charge in [0.15, 0.2) is 0 Å². The van der Waals surface area contributed by atoms with E-state index in [2.05, 4.69) is 6.07 Å². The van der Waals surface area contributed by atoms with Crippen molar-refractivity contribution in [3.05, 3.63) is 78.9 Å². The summed E-state index contributed by atoms with van der Waals surface area (Å²) in [5, 5.41) is 0. The Morgan fingerprint density at radius 1 is 0.571 bits per heavy atom. The van der Waals surface area contributed by atoms with E-state index in [9.17, 15) is 0 Å². The standard InChI is InChI=1S/C19H16O2/c1-20-19-9-5-6-16(14-19)15-10-12-18(13-11-15)21-17-7-3-2-4-8-17/h2-14H,1H3. The molecule has 0 atom stereocenters. The molecule has 0 bridgehead atoms. The first-order valence-corrected chi connectivity index (χ1v) is 6.82. The number of hydrogen-bond acceptors (Lipinski definition) is 2. The number of rotatable bonds is 4. The van der Waals surface area contributed by atoms with Gasteiger partial charge in [-0.05, 0) is 47.5 Å². The van der Waals surface area contributed by atoms with Crippen molar-refractivity contribution in [2.45, 2.75) is 0 Å². The fraction of sp³-hybridized carbons (Fsp3) is 0.0526. The maximum absolute atomic E-state index is 5.79. The molecule has 2 heteroatoms. The average Bonchev–Trinajstić information content (AvgIpc) is 2.56. The molecule has 0 aliphatic rings. The minimum absolute atomic E-state index is 0.827. The zero-order valence-corrected chi connectivity index (χ0v) is 11.8. The van der Waals surface area contributed by atoms with Gasteiger partial charge in [0.05, 0.1) is 7.11 Å². The van der Waals surface area contributed by atoms with Crippen molar-refractivity contribution in [1.82, 2.24) is 0 Å². The molecular formula is C19H16O2. The summed E-state index contributed by atoms with van der Waals surface area (Å²) >= 11 is 0. The average molecular weight is 276 g/mol. The molecular weight excluding hydrogens is 260 g/mol. The van der Waals surface area contributed by atoms with Crippen LogP contribution in [-0.2, 0) is 0 Å². The maximum atomic E-state index is 5.79. The van der Waals surface area contributed by atoms with E-state index in [1.165, 1.54) is 0 Å². The van der Waals surface area contributed by atoms with Crippen LogP contribution in [0.2, 0.25) is 0 Å². The molecule has 3 rings (SSSR count). The number of ether oxygens (including phenoxy) is 2. The highest BCUT2D eigenvalue weighted by atomic mass is 16.5. The highest BCUT2D eigenvalue weighted by Gasteiger charge is 2.01. The van der Waals surface area contributed by atoms with Gasteiger partial charge in [-0.15, -0.1) is 0 Å². The van der Waals surface area contributed by atoms with Crippen molar-refractivity contribution in [2.75, 3.05) is 7.11 Å². The molecule has 104 valence electrons. The summed E-state index contributed by atoms with van der Waals surface area (Å²) < 4.78 is 11.0. The normalized spacial score (nSPS) is 10.1. The fourth-order valence-electron chi connectivity index (χ4n) is 2.14.